The first-order valence-corrected chi connectivity index (χ1v) is 7.67. The molecule has 1 aromatic rings. The minimum absolute atomic E-state index is 0.0668. The Hall–Kier alpha value is -2.57. The molecule has 0 saturated carbocycles. The third kappa shape index (κ3) is 4.70. The highest BCUT2D eigenvalue weighted by Gasteiger charge is 2.22. The molecular weight excluding hydrogens is 296 g/mol. The number of carbonyl (C=O) groups excluding carboxylic acids is 3. The number of amides is 4. The van der Waals surface area contributed by atoms with Crippen molar-refractivity contribution < 1.29 is 14.4 Å². The minimum Gasteiger partial charge on any atom is -0.354 e. The molecule has 0 spiro atoms. The number of rotatable bonds is 3. The van der Waals surface area contributed by atoms with Crippen molar-refractivity contribution in [3.63, 3.8) is 0 Å². The van der Waals surface area contributed by atoms with E-state index in [-0.39, 0.29) is 11.8 Å². The van der Waals surface area contributed by atoms with E-state index in [9.17, 15) is 14.4 Å². The van der Waals surface area contributed by atoms with Gasteiger partial charge in [-0.15, -0.1) is 0 Å². The molecule has 0 bridgehead atoms. The molecule has 0 unspecified atom stereocenters. The van der Waals surface area contributed by atoms with Crippen molar-refractivity contribution in [1.29, 1.82) is 0 Å². The summed E-state index contributed by atoms with van der Waals surface area (Å²) in [5.74, 6) is -0.209. The maximum Gasteiger partial charge on any atom is 0.319 e. The standard InChI is InChI=1S/C16H22N4O3/c1-11(21)20(2)13-8-6-12(7-9-13)18-16(23)19-14-5-3-4-10-17-15(14)22/h6-9,14H,3-5,10H2,1-2H3,(H,17,22)(H2,18,19,23)/t14-/m1/s1. The molecule has 0 radical (unpaired) electrons. The molecule has 0 aliphatic carbocycles. The first kappa shape index (κ1) is 16.8. The molecule has 7 heteroatoms. The van der Waals surface area contributed by atoms with E-state index >= 15 is 0 Å². The molecule has 23 heavy (non-hydrogen) atoms. The fourth-order valence-corrected chi connectivity index (χ4v) is 2.35. The predicted molar refractivity (Wildman–Crippen MR) is 88.3 cm³/mol. The molecular formula is C16H22N4O3. The molecule has 4 amide bonds. The van der Waals surface area contributed by atoms with Gasteiger partial charge in [0.05, 0.1) is 0 Å². The van der Waals surface area contributed by atoms with Gasteiger partial charge in [0.25, 0.3) is 0 Å². The number of nitrogens with one attached hydrogen (secondary N) is 3. The SMILES string of the molecule is CC(=O)N(C)c1ccc(NC(=O)N[C@@H]2CCCCNC2=O)cc1. The summed E-state index contributed by atoms with van der Waals surface area (Å²) >= 11 is 0. The summed E-state index contributed by atoms with van der Waals surface area (Å²) < 4.78 is 0. The Morgan fingerprint density at radius 3 is 2.57 bits per heavy atom. The largest absolute Gasteiger partial charge is 0.354 e. The summed E-state index contributed by atoms with van der Waals surface area (Å²) in [5, 5.41) is 8.15. The van der Waals surface area contributed by atoms with E-state index in [4.69, 9.17) is 0 Å². The highest BCUT2D eigenvalue weighted by molar-refractivity contribution is 5.94. The number of anilines is 2. The van der Waals surface area contributed by atoms with Crippen molar-refractivity contribution in [2.24, 2.45) is 0 Å². The van der Waals surface area contributed by atoms with Gasteiger partial charge in [0.2, 0.25) is 11.8 Å². The van der Waals surface area contributed by atoms with E-state index in [1.165, 1.54) is 11.8 Å². The van der Waals surface area contributed by atoms with Crippen LogP contribution in [0.3, 0.4) is 0 Å². The first-order valence-electron chi connectivity index (χ1n) is 7.67. The summed E-state index contributed by atoms with van der Waals surface area (Å²) in [7, 11) is 1.68. The molecule has 3 N–H and O–H groups in total. The lowest BCUT2D eigenvalue weighted by Crippen LogP contribution is -2.47. The zero-order chi connectivity index (χ0) is 16.8. The van der Waals surface area contributed by atoms with Gasteiger partial charge in [-0.05, 0) is 43.5 Å². The van der Waals surface area contributed by atoms with Crippen molar-refractivity contribution in [3.05, 3.63) is 24.3 Å². The maximum atomic E-state index is 12.0. The number of hydrogen-bond donors (Lipinski definition) is 3. The molecule has 0 aromatic heterocycles. The van der Waals surface area contributed by atoms with Crippen LogP contribution in [0.4, 0.5) is 16.2 Å². The second kappa shape index (κ2) is 7.62. The average Bonchev–Trinajstić information content (AvgIpc) is 2.72. The number of hydrogen-bond acceptors (Lipinski definition) is 3. The zero-order valence-electron chi connectivity index (χ0n) is 13.4. The van der Waals surface area contributed by atoms with E-state index in [0.717, 1.165) is 18.5 Å². The number of urea groups is 1. The van der Waals surface area contributed by atoms with Gasteiger partial charge in [-0.1, -0.05) is 0 Å². The fraction of sp³-hybridized carbons (Fsp3) is 0.438. The van der Waals surface area contributed by atoms with Crippen molar-refractivity contribution >= 4 is 29.2 Å². The molecule has 1 aromatic carbocycles. The van der Waals surface area contributed by atoms with Crippen molar-refractivity contribution in [2.45, 2.75) is 32.2 Å². The van der Waals surface area contributed by atoms with E-state index in [1.54, 1.807) is 31.3 Å². The Morgan fingerprint density at radius 2 is 1.91 bits per heavy atom. The monoisotopic (exact) mass is 318 g/mol. The van der Waals surface area contributed by atoms with Gasteiger partial charge in [-0.2, -0.15) is 0 Å². The van der Waals surface area contributed by atoms with Crippen molar-refractivity contribution in [3.8, 4) is 0 Å². The lowest BCUT2D eigenvalue weighted by molar-refractivity contribution is -0.122. The summed E-state index contributed by atoms with van der Waals surface area (Å²) in [6.45, 7) is 2.14. The highest BCUT2D eigenvalue weighted by Crippen LogP contribution is 2.17. The first-order chi connectivity index (χ1) is 11.0. The highest BCUT2D eigenvalue weighted by atomic mass is 16.2. The third-order valence-electron chi connectivity index (χ3n) is 3.83. The Kier molecular flexibility index (Phi) is 5.56. The maximum absolute atomic E-state index is 12.0. The van der Waals surface area contributed by atoms with Crippen LogP contribution in [0.2, 0.25) is 0 Å². The number of carbonyl (C=O) groups is 3. The lowest BCUT2D eigenvalue weighted by Gasteiger charge is -2.17. The third-order valence-corrected chi connectivity index (χ3v) is 3.83. The Balaban J connectivity index is 1.92. The van der Waals surface area contributed by atoms with Gasteiger partial charge >= 0.3 is 6.03 Å². The van der Waals surface area contributed by atoms with Gasteiger partial charge in [0, 0.05) is 31.9 Å². The van der Waals surface area contributed by atoms with Crippen LogP contribution in [0.15, 0.2) is 24.3 Å². The van der Waals surface area contributed by atoms with Crippen LogP contribution in [0.5, 0.6) is 0 Å². The average molecular weight is 318 g/mol. The van der Waals surface area contributed by atoms with E-state index in [1.807, 2.05) is 0 Å². The minimum atomic E-state index is -0.499. The summed E-state index contributed by atoms with van der Waals surface area (Å²) in [6.07, 6.45) is 2.47. The Bertz CT molecular complexity index is 585. The van der Waals surface area contributed by atoms with Crippen molar-refractivity contribution in [1.82, 2.24) is 10.6 Å². The van der Waals surface area contributed by atoms with Gasteiger partial charge in [-0.3, -0.25) is 9.59 Å². The quantitative estimate of drug-likeness (QED) is 0.788. The van der Waals surface area contributed by atoms with E-state index < -0.39 is 12.1 Å². The van der Waals surface area contributed by atoms with Gasteiger partial charge in [0.15, 0.2) is 0 Å². The van der Waals surface area contributed by atoms with Crippen LogP contribution in [0.1, 0.15) is 26.2 Å². The molecule has 1 heterocycles. The van der Waals surface area contributed by atoms with Gasteiger partial charge < -0.3 is 20.9 Å². The topological polar surface area (TPSA) is 90.5 Å². The van der Waals surface area contributed by atoms with Gasteiger partial charge in [-0.25, -0.2) is 4.79 Å². The zero-order valence-corrected chi connectivity index (χ0v) is 13.4. The molecule has 2 rings (SSSR count). The molecule has 124 valence electrons. The number of nitrogens with zero attached hydrogens (tertiary/aromatic N) is 1. The van der Waals surface area contributed by atoms with Crippen LogP contribution >= 0.6 is 0 Å². The summed E-state index contributed by atoms with van der Waals surface area (Å²) in [6, 6.07) is 5.99. The molecule has 1 aliphatic rings. The van der Waals surface area contributed by atoms with Gasteiger partial charge in [0.1, 0.15) is 6.04 Å². The molecule has 7 nitrogen and oxygen atoms in total. The summed E-state index contributed by atoms with van der Waals surface area (Å²) in [5.41, 5.74) is 1.34. The van der Waals surface area contributed by atoms with Crippen LogP contribution in [-0.2, 0) is 9.59 Å². The summed E-state index contributed by atoms with van der Waals surface area (Å²) in [4.78, 5) is 36.6. The van der Waals surface area contributed by atoms with Crippen LogP contribution in [-0.4, -0.2) is 37.5 Å². The van der Waals surface area contributed by atoms with E-state index in [2.05, 4.69) is 16.0 Å². The predicted octanol–water partition coefficient (Wildman–Crippen LogP) is 1.46. The van der Waals surface area contributed by atoms with Crippen LogP contribution in [0.25, 0.3) is 0 Å². The molecule has 1 aliphatic heterocycles. The Morgan fingerprint density at radius 1 is 1.22 bits per heavy atom. The van der Waals surface area contributed by atoms with Crippen LogP contribution in [0, 0.1) is 0 Å². The molecule has 1 fully saturated rings. The van der Waals surface area contributed by atoms with Crippen molar-refractivity contribution in [2.75, 3.05) is 23.8 Å². The lowest BCUT2D eigenvalue weighted by atomic mass is 10.1. The van der Waals surface area contributed by atoms with E-state index in [0.29, 0.717) is 18.7 Å². The molecule has 1 atom stereocenters. The fourth-order valence-electron chi connectivity index (χ4n) is 2.35. The van der Waals surface area contributed by atoms with Crippen LogP contribution < -0.4 is 20.9 Å². The normalized spacial score (nSPS) is 17.7. The second-order valence-electron chi connectivity index (χ2n) is 5.56. The molecule has 1 saturated heterocycles. The Labute approximate surface area is 135 Å². The second-order valence-corrected chi connectivity index (χ2v) is 5.56. The number of benzene rings is 1. The smallest absolute Gasteiger partial charge is 0.319 e.